The normalized spacial score (nSPS) is 15.8. The number of hydrogen-bond donors (Lipinski definition) is 0. The molecule has 1 aliphatic heterocycles. The van der Waals surface area contributed by atoms with E-state index in [1.807, 2.05) is 30.3 Å². The van der Waals surface area contributed by atoms with Crippen LogP contribution in [0.15, 0.2) is 78.9 Å². The topological polar surface area (TPSA) is 20.3 Å². The summed E-state index contributed by atoms with van der Waals surface area (Å²) in [4.78, 5) is 14.9. The number of ketones is 1. The molecule has 1 unspecified atom stereocenters. The van der Waals surface area contributed by atoms with Gasteiger partial charge in [0.1, 0.15) is 11.6 Å². The van der Waals surface area contributed by atoms with Gasteiger partial charge in [0.2, 0.25) is 0 Å². The van der Waals surface area contributed by atoms with Gasteiger partial charge in [-0.15, -0.1) is 0 Å². The predicted octanol–water partition coefficient (Wildman–Crippen LogP) is 5.91. The largest absolute Gasteiger partial charge is 0.364 e. The Morgan fingerprint density at radius 1 is 0.897 bits per heavy atom. The lowest BCUT2D eigenvalue weighted by atomic mass is 9.88. The van der Waals surface area contributed by atoms with Gasteiger partial charge in [-0.05, 0) is 60.2 Å². The van der Waals surface area contributed by atoms with Crippen molar-refractivity contribution >= 4 is 11.5 Å². The van der Waals surface area contributed by atoms with Gasteiger partial charge in [-0.3, -0.25) is 4.79 Å². The summed E-state index contributed by atoms with van der Waals surface area (Å²) in [5.41, 5.74) is 4.87. The van der Waals surface area contributed by atoms with Crippen LogP contribution in [-0.4, -0.2) is 12.3 Å². The SMILES string of the molecule is O=C(CCc1ccccc1)CCC1c2ccccc2CCN1c1ccc(F)cc1. The molecular formula is C26H26FNO. The van der Waals surface area contributed by atoms with Gasteiger partial charge in [0.15, 0.2) is 0 Å². The summed E-state index contributed by atoms with van der Waals surface area (Å²) in [6, 6.07) is 25.5. The highest BCUT2D eigenvalue weighted by Crippen LogP contribution is 2.36. The maximum atomic E-state index is 13.4. The summed E-state index contributed by atoms with van der Waals surface area (Å²) < 4.78 is 13.4. The van der Waals surface area contributed by atoms with Gasteiger partial charge in [-0.25, -0.2) is 4.39 Å². The minimum absolute atomic E-state index is 0.145. The van der Waals surface area contributed by atoms with Crippen LogP contribution in [-0.2, 0) is 17.6 Å². The summed E-state index contributed by atoms with van der Waals surface area (Å²) in [5, 5.41) is 0. The standard InChI is InChI=1S/C26H26FNO/c27-22-11-13-23(14-12-22)28-19-18-21-8-4-5-9-25(21)26(28)17-16-24(29)15-10-20-6-2-1-3-7-20/h1-9,11-14,26H,10,15-19H2. The van der Waals surface area contributed by atoms with E-state index >= 15 is 0 Å². The third-order valence-electron chi connectivity index (χ3n) is 5.80. The minimum atomic E-state index is -0.223. The van der Waals surface area contributed by atoms with Crippen LogP contribution < -0.4 is 4.90 Å². The zero-order valence-corrected chi connectivity index (χ0v) is 16.6. The van der Waals surface area contributed by atoms with E-state index in [4.69, 9.17) is 0 Å². The number of benzene rings is 3. The van der Waals surface area contributed by atoms with E-state index in [1.165, 1.54) is 28.8 Å². The molecule has 3 heteroatoms. The number of Topliss-reactive ketones (excluding diaryl/α,β-unsaturated/α-hetero) is 1. The van der Waals surface area contributed by atoms with Crippen molar-refractivity contribution < 1.29 is 9.18 Å². The summed E-state index contributed by atoms with van der Waals surface area (Å²) in [5.74, 6) is 0.0785. The average molecular weight is 387 g/mol. The Bertz CT molecular complexity index is 952. The second-order valence-electron chi connectivity index (χ2n) is 7.70. The highest BCUT2D eigenvalue weighted by molar-refractivity contribution is 5.78. The summed E-state index contributed by atoms with van der Waals surface area (Å²) >= 11 is 0. The van der Waals surface area contributed by atoms with E-state index in [-0.39, 0.29) is 11.9 Å². The van der Waals surface area contributed by atoms with E-state index in [9.17, 15) is 9.18 Å². The maximum Gasteiger partial charge on any atom is 0.133 e. The molecule has 0 spiro atoms. The van der Waals surface area contributed by atoms with Gasteiger partial charge in [-0.2, -0.15) is 0 Å². The van der Waals surface area contributed by atoms with Crippen molar-refractivity contribution in [3.05, 3.63) is 101 Å². The quantitative estimate of drug-likeness (QED) is 0.502. The molecule has 0 bridgehead atoms. The summed E-state index contributed by atoms with van der Waals surface area (Å²) in [7, 11) is 0. The van der Waals surface area contributed by atoms with Gasteiger partial charge in [-0.1, -0.05) is 54.6 Å². The lowest BCUT2D eigenvalue weighted by Crippen LogP contribution is -2.35. The average Bonchev–Trinajstić information content (AvgIpc) is 2.77. The summed E-state index contributed by atoms with van der Waals surface area (Å²) in [6.07, 6.45) is 3.68. The fraction of sp³-hybridized carbons (Fsp3) is 0.269. The molecule has 0 saturated heterocycles. The Hall–Kier alpha value is -2.94. The lowest BCUT2D eigenvalue weighted by molar-refractivity contribution is -0.119. The fourth-order valence-electron chi connectivity index (χ4n) is 4.26. The van der Waals surface area contributed by atoms with Gasteiger partial charge in [0, 0.05) is 25.1 Å². The molecule has 148 valence electrons. The van der Waals surface area contributed by atoms with Crippen LogP contribution in [0.2, 0.25) is 0 Å². The van der Waals surface area contributed by atoms with E-state index < -0.39 is 0 Å². The Kier molecular flexibility index (Phi) is 6.04. The molecular weight excluding hydrogens is 361 g/mol. The van der Waals surface area contributed by atoms with Gasteiger partial charge >= 0.3 is 0 Å². The van der Waals surface area contributed by atoms with Crippen molar-refractivity contribution in [3.63, 3.8) is 0 Å². The highest BCUT2D eigenvalue weighted by Gasteiger charge is 2.27. The molecule has 1 atom stereocenters. The van der Waals surface area contributed by atoms with E-state index in [2.05, 4.69) is 41.3 Å². The van der Waals surface area contributed by atoms with Gasteiger partial charge in [0.25, 0.3) is 0 Å². The molecule has 0 aromatic heterocycles. The zero-order chi connectivity index (χ0) is 20.1. The molecule has 0 fully saturated rings. The van der Waals surface area contributed by atoms with Crippen molar-refractivity contribution in [2.75, 3.05) is 11.4 Å². The number of anilines is 1. The number of nitrogens with zero attached hydrogens (tertiary/aromatic N) is 1. The second-order valence-corrected chi connectivity index (χ2v) is 7.70. The Morgan fingerprint density at radius 2 is 1.62 bits per heavy atom. The van der Waals surface area contributed by atoms with Gasteiger partial charge < -0.3 is 4.90 Å². The number of halogens is 1. The van der Waals surface area contributed by atoms with Crippen molar-refractivity contribution in [2.45, 2.75) is 38.1 Å². The number of fused-ring (bicyclic) bond motifs is 1. The van der Waals surface area contributed by atoms with Gasteiger partial charge in [0.05, 0.1) is 6.04 Å². The molecule has 1 aliphatic rings. The molecule has 3 aromatic rings. The van der Waals surface area contributed by atoms with E-state index in [0.717, 1.165) is 31.5 Å². The van der Waals surface area contributed by atoms with Crippen LogP contribution in [0.1, 0.15) is 42.0 Å². The second kappa shape index (κ2) is 9.04. The lowest BCUT2D eigenvalue weighted by Gasteiger charge is -2.39. The zero-order valence-electron chi connectivity index (χ0n) is 16.6. The molecule has 0 saturated carbocycles. The highest BCUT2D eigenvalue weighted by atomic mass is 19.1. The van der Waals surface area contributed by atoms with Crippen LogP contribution in [0.4, 0.5) is 10.1 Å². The first-order valence-corrected chi connectivity index (χ1v) is 10.4. The first kappa shape index (κ1) is 19.4. The van der Waals surface area contributed by atoms with E-state index in [0.29, 0.717) is 18.6 Å². The van der Waals surface area contributed by atoms with Crippen molar-refractivity contribution in [1.82, 2.24) is 0 Å². The number of rotatable bonds is 7. The molecule has 4 rings (SSSR count). The monoisotopic (exact) mass is 387 g/mol. The molecule has 29 heavy (non-hydrogen) atoms. The fourth-order valence-corrected chi connectivity index (χ4v) is 4.26. The third-order valence-corrected chi connectivity index (χ3v) is 5.80. The third kappa shape index (κ3) is 4.73. The Balaban J connectivity index is 1.47. The molecule has 2 nitrogen and oxygen atoms in total. The van der Waals surface area contributed by atoms with Crippen molar-refractivity contribution in [2.24, 2.45) is 0 Å². The maximum absolute atomic E-state index is 13.4. The summed E-state index contributed by atoms with van der Waals surface area (Å²) in [6.45, 7) is 0.880. The molecule has 0 N–H and O–H groups in total. The first-order valence-electron chi connectivity index (χ1n) is 10.4. The van der Waals surface area contributed by atoms with Crippen LogP contribution in [0.3, 0.4) is 0 Å². The molecule has 3 aromatic carbocycles. The number of carbonyl (C=O) groups excluding carboxylic acids is 1. The molecule has 0 radical (unpaired) electrons. The smallest absolute Gasteiger partial charge is 0.133 e. The van der Waals surface area contributed by atoms with Crippen LogP contribution in [0.25, 0.3) is 0 Å². The van der Waals surface area contributed by atoms with Crippen molar-refractivity contribution in [1.29, 1.82) is 0 Å². The number of hydrogen-bond acceptors (Lipinski definition) is 2. The Labute approximate surface area is 172 Å². The molecule has 1 heterocycles. The van der Waals surface area contributed by atoms with Crippen LogP contribution in [0, 0.1) is 5.82 Å². The predicted molar refractivity (Wildman–Crippen MR) is 116 cm³/mol. The van der Waals surface area contributed by atoms with Crippen LogP contribution >= 0.6 is 0 Å². The Morgan fingerprint density at radius 3 is 2.41 bits per heavy atom. The molecule has 0 aliphatic carbocycles. The number of carbonyl (C=O) groups is 1. The van der Waals surface area contributed by atoms with E-state index in [1.54, 1.807) is 0 Å². The van der Waals surface area contributed by atoms with Crippen molar-refractivity contribution in [3.8, 4) is 0 Å². The molecule has 0 amide bonds. The number of aryl methyl sites for hydroxylation is 1. The first-order chi connectivity index (χ1) is 14.2. The van der Waals surface area contributed by atoms with Crippen LogP contribution in [0.5, 0.6) is 0 Å². The minimum Gasteiger partial charge on any atom is -0.364 e.